The van der Waals surface area contributed by atoms with Gasteiger partial charge in [-0.25, -0.2) is 4.79 Å². The van der Waals surface area contributed by atoms with E-state index in [2.05, 4.69) is 24.5 Å². The van der Waals surface area contributed by atoms with Gasteiger partial charge in [0.1, 0.15) is 30.8 Å². The van der Waals surface area contributed by atoms with E-state index in [0.717, 1.165) is 46.3 Å². The maximum absolute atomic E-state index is 12.3. The highest BCUT2D eigenvalue weighted by molar-refractivity contribution is 5.88. The normalized spacial score (nSPS) is 22.4. The van der Waals surface area contributed by atoms with Crippen molar-refractivity contribution in [2.75, 3.05) is 44.8 Å². The number of hydrogen-bond donors (Lipinski definition) is 1. The molecule has 1 N–H and O–H groups in total. The van der Waals surface area contributed by atoms with Crippen LogP contribution >= 0.6 is 0 Å². The van der Waals surface area contributed by atoms with Crippen LogP contribution in [0.3, 0.4) is 0 Å². The smallest absolute Gasteiger partial charge is 0.410 e. The standard InChI is InChI=1S/C31H35N5O5/c1-4-28(38)35-11-12-36(19(2)16-35)29-25-10-9-21(26-15-23(37)13-20-7-5-6-8-24(20)26)14-27(25)32-30(33-29)40-17-22-18-41-31(39)34(22)3/h4-8,13,15,19,21-22,37H,1,9-12,14,16-18H2,2-3H3/t19-,21-,22-/m0/s1. The molecule has 1 aliphatic carbocycles. The second-order valence-corrected chi connectivity index (χ2v) is 11.1. The molecule has 10 heteroatoms. The highest BCUT2D eigenvalue weighted by atomic mass is 16.6. The van der Waals surface area contributed by atoms with Gasteiger partial charge in [0.15, 0.2) is 0 Å². The van der Waals surface area contributed by atoms with E-state index in [9.17, 15) is 14.7 Å². The van der Waals surface area contributed by atoms with Crippen LogP contribution in [0.1, 0.15) is 36.1 Å². The molecule has 2 aliphatic heterocycles. The van der Waals surface area contributed by atoms with Crippen LogP contribution in [0.2, 0.25) is 0 Å². The van der Waals surface area contributed by atoms with Crippen molar-refractivity contribution in [1.29, 1.82) is 0 Å². The number of cyclic esters (lactones) is 1. The molecule has 41 heavy (non-hydrogen) atoms. The minimum absolute atomic E-state index is 0.0409. The molecule has 0 spiro atoms. The highest BCUT2D eigenvalue weighted by Crippen LogP contribution is 2.40. The zero-order valence-electron chi connectivity index (χ0n) is 23.5. The summed E-state index contributed by atoms with van der Waals surface area (Å²) in [4.78, 5) is 39.5. The van der Waals surface area contributed by atoms with E-state index in [1.54, 1.807) is 13.1 Å². The molecule has 0 bridgehead atoms. The monoisotopic (exact) mass is 557 g/mol. The number of nitrogens with zero attached hydrogens (tertiary/aromatic N) is 5. The van der Waals surface area contributed by atoms with Crippen molar-refractivity contribution in [3.05, 3.63) is 65.9 Å². The highest BCUT2D eigenvalue weighted by Gasteiger charge is 2.34. The number of amides is 2. The average Bonchev–Trinajstić information content (AvgIpc) is 3.30. The molecule has 2 amide bonds. The quantitative estimate of drug-likeness (QED) is 0.458. The third kappa shape index (κ3) is 5.14. The summed E-state index contributed by atoms with van der Waals surface area (Å²) in [6, 6.07) is 11.9. The van der Waals surface area contributed by atoms with Gasteiger partial charge in [0, 0.05) is 38.3 Å². The number of carbonyl (C=O) groups is 2. The van der Waals surface area contributed by atoms with Crippen molar-refractivity contribution < 1.29 is 24.2 Å². The number of carbonyl (C=O) groups excluding carboxylic acids is 2. The van der Waals surface area contributed by atoms with Crippen LogP contribution in [0.15, 0.2) is 49.1 Å². The average molecular weight is 558 g/mol. The molecule has 6 rings (SSSR count). The second kappa shape index (κ2) is 10.9. The molecule has 0 radical (unpaired) electrons. The summed E-state index contributed by atoms with van der Waals surface area (Å²) in [5.41, 5.74) is 3.14. The first kappa shape index (κ1) is 26.9. The summed E-state index contributed by atoms with van der Waals surface area (Å²) >= 11 is 0. The van der Waals surface area contributed by atoms with Gasteiger partial charge in [-0.15, -0.1) is 0 Å². The third-order valence-electron chi connectivity index (χ3n) is 8.58. The van der Waals surface area contributed by atoms with E-state index in [0.29, 0.717) is 26.1 Å². The van der Waals surface area contributed by atoms with E-state index in [-0.39, 0.29) is 55.0 Å². The number of likely N-dealkylation sites (N-methyl/N-ethyl adjacent to an activating group) is 1. The lowest BCUT2D eigenvalue weighted by Crippen LogP contribution is -2.54. The number of piperazine rings is 1. The molecule has 10 nitrogen and oxygen atoms in total. The number of rotatable bonds is 6. The van der Waals surface area contributed by atoms with Crippen molar-refractivity contribution in [1.82, 2.24) is 19.8 Å². The van der Waals surface area contributed by atoms with E-state index in [1.165, 1.54) is 11.0 Å². The lowest BCUT2D eigenvalue weighted by atomic mass is 9.80. The summed E-state index contributed by atoms with van der Waals surface area (Å²) in [5, 5.41) is 12.6. The molecule has 0 saturated carbocycles. The maximum Gasteiger partial charge on any atom is 0.410 e. The van der Waals surface area contributed by atoms with Gasteiger partial charge in [0.05, 0.1) is 5.69 Å². The van der Waals surface area contributed by atoms with Crippen LogP contribution in [0.5, 0.6) is 11.8 Å². The lowest BCUT2D eigenvalue weighted by molar-refractivity contribution is -0.126. The van der Waals surface area contributed by atoms with Crippen LogP contribution in [0.25, 0.3) is 10.8 Å². The van der Waals surface area contributed by atoms with Crippen molar-refractivity contribution in [3.8, 4) is 11.8 Å². The number of hydrogen-bond acceptors (Lipinski definition) is 8. The van der Waals surface area contributed by atoms with Gasteiger partial charge in [-0.1, -0.05) is 30.8 Å². The molecular formula is C31H35N5O5. The number of phenols is 1. The molecule has 3 aromatic rings. The van der Waals surface area contributed by atoms with E-state index in [4.69, 9.17) is 19.4 Å². The summed E-state index contributed by atoms with van der Waals surface area (Å²) < 4.78 is 11.2. The summed E-state index contributed by atoms with van der Waals surface area (Å²) in [7, 11) is 1.69. The zero-order valence-corrected chi connectivity index (χ0v) is 23.5. The second-order valence-electron chi connectivity index (χ2n) is 11.1. The fourth-order valence-corrected chi connectivity index (χ4v) is 6.27. The molecule has 2 aromatic carbocycles. The molecule has 2 saturated heterocycles. The first-order valence-electron chi connectivity index (χ1n) is 14.1. The van der Waals surface area contributed by atoms with Gasteiger partial charge in [0.2, 0.25) is 5.91 Å². The minimum Gasteiger partial charge on any atom is -0.508 e. The van der Waals surface area contributed by atoms with Crippen molar-refractivity contribution >= 4 is 28.6 Å². The number of aromatic nitrogens is 2. The Hall–Kier alpha value is -4.34. The van der Waals surface area contributed by atoms with Crippen LogP contribution < -0.4 is 9.64 Å². The molecule has 2 fully saturated rings. The number of benzene rings is 2. The van der Waals surface area contributed by atoms with Crippen molar-refractivity contribution in [2.45, 2.75) is 44.2 Å². The Kier molecular flexibility index (Phi) is 7.15. The molecule has 0 unspecified atom stereocenters. The van der Waals surface area contributed by atoms with E-state index in [1.807, 2.05) is 29.2 Å². The van der Waals surface area contributed by atoms with Crippen LogP contribution in [0.4, 0.5) is 10.6 Å². The largest absolute Gasteiger partial charge is 0.508 e. The summed E-state index contributed by atoms with van der Waals surface area (Å²) in [6.07, 6.45) is 3.36. The maximum atomic E-state index is 12.3. The Morgan fingerprint density at radius 1 is 1.24 bits per heavy atom. The van der Waals surface area contributed by atoms with Crippen LogP contribution in [-0.4, -0.2) is 88.9 Å². The molecule has 1 aromatic heterocycles. The van der Waals surface area contributed by atoms with Gasteiger partial charge in [-0.05, 0) is 66.6 Å². The molecule has 3 heterocycles. The van der Waals surface area contributed by atoms with Crippen molar-refractivity contribution in [3.63, 3.8) is 0 Å². The Bertz CT molecular complexity index is 1510. The van der Waals surface area contributed by atoms with Crippen LogP contribution in [0, 0.1) is 0 Å². The van der Waals surface area contributed by atoms with Gasteiger partial charge in [-0.2, -0.15) is 9.97 Å². The summed E-state index contributed by atoms with van der Waals surface area (Å²) in [6.45, 7) is 8.00. The predicted octanol–water partition coefficient (Wildman–Crippen LogP) is 3.66. The fourth-order valence-electron chi connectivity index (χ4n) is 6.27. The lowest BCUT2D eigenvalue weighted by Gasteiger charge is -2.41. The van der Waals surface area contributed by atoms with Crippen molar-refractivity contribution in [2.24, 2.45) is 0 Å². The SMILES string of the molecule is C=CC(=O)N1CCN(c2nc(OC[C@H]3COC(=O)N3C)nc3c2CC[C@H](c2cc(O)cc4ccccc24)C3)[C@@H](C)C1. The third-order valence-corrected chi connectivity index (χ3v) is 8.58. The molecular weight excluding hydrogens is 522 g/mol. The number of anilines is 1. The topological polar surface area (TPSA) is 108 Å². The predicted molar refractivity (Wildman–Crippen MR) is 154 cm³/mol. The summed E-state index contributed by atoms with van der Waals surface area (Å²) in [5.74, 6) is 1.20. The van der Waals surface area contributed by atoms with E-state index < -0.39 is 0 Å². The molecule has 3 atom stereocenters. The zero-order chi connectivity index (χ0) is 28.7. The van der Waals surface area contributed by atoms with E-state index >= 15 is 0 Å². The van der Waals surface area contributed by atoms with Gasteiger partial charge in [-0.3, -0.25) is 4.79 Å². The molecule has 3 aliphatic rings. The number of phenolic OH excluding ortho intramolecular Hbond substituents is 1. The first-order valence-corrected chi connectivity index (χ1v) is 14.1. The Balaban J connectivity index is 1.33. The van der Waals surface area contributed by atoms with Gasteiger partial charge >= 0.3 is 12.1 Å². The minimum atomic E-state index is -0.368. The molecule has 214 valence electrons. The number of aromatic hydroxyl groups is 1. The van der Waals surface area contributed by atoms with Gasteiger partial charge in [0.25, 0.3) is 0 Å². The fraction of sp³-hybridized carbons (Fsp3) is 0.419. The Labute approximate surface area is 239 Å². The number of ether oxygens (including phenoxy) is 2. The first-order chi connectivity index (χ1) is 19.8. The Morgan fingerprint density at radius 2 is 2.07 bits per heavy atom. The van der Waals surface area contributed by atoms with Gasteiger partial charge < -0.3 is 29.3 Å². The van der Waals surface area contributed by atoms with Crippen LogP contribution in [-0.2, 0) is 22.4 Å². The Morgan fingerprint density at radius 3 is 2.83 bits per heavy atom. The number of fused-ring (bicyclic) bond motifs is 2.